The fraction of sp³-hybridized carbons (Fsp3) is 0.385. The standard InChI is InChI=1S/C13H12ClF3N2O3/c14-10-7(2-1-3-8(10)13(15,16)17)6-19(12(21)22)9-4-5-18-11(9)20/h1-3,9H,4-6H2,(H,18,20)(H,21,22)/t9-/m0/s1. The van der Waals surface area contributed by atoms with Crippen LogP contribution in [-0.4, -0.2) is 34.6 Å². The maximum Gasteiger partial charge on any atom is 0.417 e. The highest BCUT2D eigenvalue weighted by atomic mass is 35.5. The maximum absolute atomic E-state index is 12.8. The van der Waals surface area contributed by atoms with Gasteiger partial charge >= 0.3 is 12.3 Å². The molecule has 1 atom stereocenters. The first-order chi connectivity index (χ1) is 10.2. The number of carbonyl (C=O) groups excluding carboxylic acids is 1. The van der Waals surface area contributed by atoms with Crippen molar-refractivity contribution < 1.29 is 27.9 Å². The lowest BCUT2D eigenvalue weighted by Gasteiger charge is -2.25. The highest BCUT2D eigenvalue weighted by Gasteiger charge is 2.36. The Morgan fingerprint density at radius 3 is 2.64 bits per heavy atom. The summed E-state index contributed by atoms with van der Waals surface area (Å²) in [4.78, 5) is 23.7. The summed E-state index contributed by atoms with van der Waals surface area (Å²) >= 11 is 5.75. The minimum Gasteiger partial charge on any atom is -0.465 e. The zero-order valence-electron chi connectivity index (χ0n) is 11.2. The topological polar surface area (TPSA) is 69.6 Å². The van der Waals surface area contributed by atoms with E-state index in [2.05, 4.69) is 5.32 Å². The van der Waals surface area contributed by atoms with E-state index in [1.165, 1.54) is 6.07 Å². The van der Waals surface area contributed by atoms with E-state index in [0.717, 1.165) is 17.0 Å². The molecule has 1 aromatic rings. The second-order valence-electron chi connectivity index (χ2n) is 4.78. The molecule has 1 aromatic carbocycles. The Bertz CT molecular complexity index is 607. The summed E-state index contributed by atoms with van der Waals surface area (Å²) in [6, 6.07) is 2.35. The number of carbonyl (C=O) groups is 2. The van der Waals surface area contributed by atoms with Gasteiger partial charge in [-0.1, -0.05) is 23.7 Å². The van der Waals surface area contributed by atoms with E-state index in [9.17, 15) is 27.9 Å². The monoisotopic (exact) mass is 336 g/mol. The van der Waals surface area contributed by atoms with Crippen molar-refractivity contribution in [3.05, 3.63) is 34.3 Å². The number of alkyl halides is 3. The zero-order valence-corrected chi connectivity index (χ0v) is 11.9. The third-order valence-corrected chi connectivity index (χ3v) is 3.81. The molecule has 5 nitrogen and oxygen atoms in total. The molecule has 0 spiro atoms. The number of rotatable bonds is 3. The van der Waals surface area contributed by atoms with Crippen LogP contribution in [0.25, 0.3) is 0 Å². The highest BCUT2D eigenvalue weighted by molar-refractivity contribution is 6.32. The van der Waals surface area contributed by atoms with Crippen LogP contribution >= 0.6 is 11.6 Å². The largest absolute Gasteiger partial charge is 0.465 e. The first-order valence-electron chi connectivity index (χ1n) is 6.33. The number of amides is 2. The molecule has 1 saturated heterocycles. The predicted octanol–water partition coefficient (Wildman–Crippen LogP) is 2.73. The summed E-state index contributed by atoms with van der Waals surface area (Å²) in [5, 5.41) is 11.1. The molecule has 0 aromatic heterocycles. The fourth-order valence-electron chi connectivity index (χ4n) is 2.29. The van der Waals surface area contributed by atoms with Crippen LogP contribution in [0.4, 0.5) is 18.0 Å². The van der Waals surface area contributed by atoms with Crippen molar-refractivity contribution in [2.24, 2.45) is 0 Å². The molecule has 0 unspecified atom stereocenters. The van der Waals surface area contributed by atoms with Crippen LogP contribution in [0, 0.1) is 0 Å². The van der Waals surface area contributed by atoms with Gasteiger partial charge in [-0.3, -0.25) is 9.69 Å². The van der Waals surface area contributed by atoms with Crippen LogP contribution in [0.5, 0.6) is 0 Å². The molecule has 0 radical (unpaired) electrons. The van der Waals surface area contributed by atoms with Crippen LogP contribution in [0.1, 0.15) is 17.5 Å². The molecule has 2 N–H and O–H groups in total. The van der Waals surface area contributed by atoms with Crippen molar-refractivity contribution in [3.63, 3.8) is 0 Å². The molecule has 1 heterocycles. The van der Waals surface area contributed by atoms with Crippen LogP contribution in [0.3, 0.4) is 0 Å². The maximum atomic E-state index is 12.8. The van der Waals surface area contributed by atoms with E-state index in [1.54, 1.807) is 0 Å². The van der Waals surface area contributed by atoms with Crippen LogP contribution in [0.15, 0.2) is 18.2 Å². The number of benzene rings is 1. The van der Waals surface area contributed by atoms with Gasteiger partial charge in [0.05, 0.1) is 17.1 Å². The van der Waals surface area contributed by atoms with E-state index >= 15 is 0 Å². The summed E-state index contributed by atoms with van der Waals surface area (Å²) in [7, 11) is 0. The van der Waals surface area contributed by atoms with E-state index in [1.807, 2.05) is 0 Å². The first-order valence-corrected chi connectivity index (χ1v) is 6.71. The second-order valence-corrected chi connectivity index (χ2v) is 5.16. The molecule has 2 amide bonds. The SMILES string of the molecule is O=C1NCC[C@@H]1N(Cc1cccc(C(F)(F)F)c1Cl)C(=O)O. The van der Waals surface area contributed by atoms with Crippen molar-refractivity contribution in [1.29, 1.82) is 0 Å². The normalized spacial score (nSPS) is 18.2. The Kier molecular flexibility index (Phi) is 4.50. The van der Waals surface area contributed by atoms with Gasteiger partial charge < -0.3 is 10.4 Å². The Labute approximate surface area is 128 Å². The molecule has 1 aliphatic rings. The Hall–Kier alpha value is -1.96. The first kappa shape index (κ1) is 16.4. The van der Waals surface area contributed by atoms with E-state index in [4.69, 9.17) is 11.6 Å². The minimum atomic E-state index is -4.63. The Morgan fingerprint density at radius 1 is 1.45 bits per heavy atom. The number of hydrogen-bond acceptors (Lipinski definition) is 2. The van der Waals surface area contributed by atoms with Crippen molar-refractivity contribution in [3.8, 4) is 0 Å². The molecule has 0 aliphatic carbocycles. The molecular formula is C13H12ClF3N2O3. The lowest BCUT2D eigenvalue weighted by Crippen LogP contribution is -2.43. The van der Waals surface area contributed by atoms with E-state index in [-0.39, 0.29) is 12.0 Å². The van der Waals surface area contributed by atoms with Gasteiger partial charge in [-0.05, 0) is 18.1 Å². The summed E-state index contributed by atoms with van der Waals surface area (Å²) in [6.45, 7) is -0.0697. The van der Waals surface area contributed by atoms with Gasteiger partial charge in [-0.15, -0.1) is 0 Å². The minimum absolute atomic E-state index is 0.00130. The summed E-state index contributed by atoms with van der Waals surface area (Å²) in [5.74, 6) is -0.467. The van der Waals surface area contributed by atoms with Gasteiger partial charge in [0.15, 0.2) is 0 Å². The van der Waals surface area contributed by atoms with Gasteiger partial charge in [0, 0.05) is 6.54 Å². The zero-order chi connectivity index (χ0) is 16.5. The van der Waals surface area contributed by atoms with Crippen LogP contribution in [0.2, 0.25) is 5.02 Å². The van der Waals surface area contributed by atoms with Gasteiger partial charge in [0.1, 0.15) is 6.04 Å². The van der Waals surface area contributed by atoms with Crippen molar-refractivity contribution >= 4 is 23.6 Å². The summed E-state index contributed by atoms with van der Waals surface area (Å²) in [6.07, 6.45) is -5.76. The highest BCUT2D eigenvalue weighted by Crippen LogP contribution is 2.36. The Morgan fingerprint density at radius 2 is 2.14 bits per heavy atom. The van der Waals surface area contributed by atoms with E-state index in [0.29, 0.717) is 6.54 Å². The molecule has 1 fully saturated rings. The molecular weight excluding hydrogens is 325 g/mol. The summed E-state index contributed by atoms with van der Waals surface area (Å²) < 4.78 is 38.4. The van der Waals surface area contributed by atoms with Crippen LogP contribution < -0.4 is 5.32 Å². The quantitative estimate of drug-likeness (QED) is 0.891. The number of carboxylic acid groups (broad SMARTS) is 1. The van der Waals surface area contributed by atoms with Gasteiger partial charge in [-0.25, -0.2) is 4.79 Å². The average Bonchev–Trinajstić information content (AvgIpc) is 2.82. The molecule has 120 valence electrons. The fourth-order valence-corrected chi connectivity index (χ4v) is 2.59. The molecule has 2 rings (SSSR count). The number of nitrogens with one attached hydrogen (secondary N) is 1. The lowest BCUT2D eigenvalue weighted by molar-refractivity contribution is -0.137. The van der Waals surface area contributed by atoms with Crippen molar-refractivity contribution in [2.45, 2.75) is 25.2 Å². The summed E-state index contributed by atoms with van der Waals surface area (Å²) in [5.41, 5.74) is -1.04. The van der Waals surface area contributed by atoms with Crippen LogP contribution in [-0.2, 0) is 17.5 Å². The van der Waals surface area contributed by atoms with Gasteiger partial charge in [-0.2, -0.15) is 13.2 Å². The Balaban J connectivity index is 2.31. The average molecular weight is 337 g/mol. The third-order valence-electron chi connectivity index (χ3n) is 3.37. The third kappa shape index (κ3) is 3.27. The molecule has 0 bridgehead atoms. The molecule has 9 heteroatoms. The van der Waals surface area contributed by atoms with Gasteiger partial charge in [0.2, 0.25) is 5.91 Å². The van der Waals surface area contributed by atoms with Gasteiger partial charge in [0.25, 0.3) is 0 Å². The lowest BCUT2D eigenvalue weighted by atomic mass is 10.1. The number of halogens is 4. The molecule has 22 heavy (non-hydrogen) atoms. The van der Waals surface area contributed by atoms with Crippen molar-refractivity contribution in [1.82, 2.24) is 10.2 Å². The van der Waals surface area contributed by atoms with Crippen molar-refractivity contribution in [2.75, 3.05) is 6.54 Å². The smallest absolute Gasteiger partial charge is 0.417 e. The van der Waals surface area contributed by atoms with E-state index < -0.39 is 41.3 Å². The number of hydrogen-bond donors (Lipinski definition) is 2. The molecule has 1 aliphatic heterocycles. The number of nitrogens with zero attached hydrogens (tertiary/aromatic N) is 1. The predicted molar refractivity (Wildman–Crippen MR) is 71.4 cm³/mol. The molecule has 0 saturated carbocycles. The second kappa shape index (κ2) is 6.04.